The first-order valence-electron chi connectivity index (χ1n) is 10.2. The Morgan fingerprint density at radius 3 is 2.53 bits per heavy atom. The molecule has 1 aliphatic rings. The van der Waals surface area contributed by atoms with Crippen LogP contribution in [0.3, 0.4) is 0 Å². The molecule has 0 amide bonds. The summed E-state index contributed by atoms with van der Waals surface area (Å²) in [6.07, 6.45) is 3.36. The molecule has 152 valence electrons. The molecule has 2 aromatic heterocycles. The number of benzene rings is 2. The van der Waals surface area contributed by atoms with Crippen LogP contribution in [0.15, 0.2) is 61.1 Å². The van der Waals surface area contributed by atoms with Crippen molar-refractivity contribution in [2.24, 2.45) is 0 Å². The van der Waals surface area contributed by atoms with E-state index in [4.69, 9.17) is 0 Å². The molecule has 0 saturated carbocycles. The summed E-state index contributed by atoms with van der Waals surface area (Å²) in [5.74, 6) is 0.659. The quantitative estimate of drug-likeness (QED) is 0.522. The number of aromatic nitrogens is 4. The van der Waals surface area contributed by atoms with E-state index >= 15 is 0 Å². The fraction of sp³-hybridized carbons (Fsp3) is 0.261. The SMILES string of the molecule is Cc1cccc(N2CCN(c3ncnc4c3cnn4Cc3ccccc3F)CC2)c1. The van der Waals surface area contributed by atoms with Crippen LogP contribution in [0.5, 0.6) is 0 Å². The van der Waals surface area contributed by atoms with Crippen molar-refractivity contribution in [1.29, 1.82) is 0 Å². The highest BCUT2D eigenvalue weighted by Crippen LogP contribution is 2.26. The monoisotopic (exact) mass is 402 g/mol. The van der Waals surface area contributed by atoms with E-state index < -0.39 is 0 Å². The van der Waals surface area contributed by atoms with E-state index in [2.05, 4.69) is 56.1 Å². The molecule has 0 aliphatic carbocycles. The second-order valence-corrected chi connectivity index (χ2v) is 7.64. The summed E-state index contributed by atoms with van der Waals surface area (Å²) in [6.45, 7) is 6.07. The zero-order chi connectivity index (χ0) is 20.5. The fourth-order valence-corrected chi connectivity index (χ4v) is 4.04. The smallest absolute Gasteiger partial charge is 0.163 e. The molecule has 5 rings (SSSR count). The summed E-state index contributed by atoms with van der Waals surface area (Å²) >= 11 is 0. The normalized spacial score (nSPS) is 14.5. The van der Waals surface area contributed by atoms with Crippen LogP contribution in [-0.2, 0) is 6.54 Å². The number of halogens is 1. The van der Waals surface area contributed by atoms with Gasteiger partial charge in [-0.05, 0) is 30.7 Å². The summed E-state index contributed by atoms with van der Waals surface area (Å²) < 4.78 is 15.8. The summed E-state index contributed by atoms with van der Waals surface area (Å²) in [5.41, 5.74) is 3.86. The maximum atomic E-state index is 14.1. The molecule has 1 fully saturated rings. The topological polar surface area (TPSA) is 50.1 Å². The molecular weight excluding hydrogens is 379 g/mol. The van der Waals surface area contributed by atoms with Crippen LogP contribution in [0.1, 0.15) is 11.1 Å². The van der Waals surface area contributed by atoms with E-state index in [0.717, 1.165) is 43.0 Å². The zero-order valence-corrected chi connectivity index (χ0v) is 16.9. The lowest BCUT2D eigenvalue weighted by molar-refractivity contribution is 0.589. The molecule has 0 radical (unpaired) electrons. The maximum absolute atomic E-state index is 14.1. The third-order valence-electron chi connectivity index (χ3n) is 5.64. The van der Waals surface area contributed by atoms with Crippen LogP contribution in [0.4, 0.5) is 15.9 Å². The van der Waals surface area contributed by atoms with Gasteiger partial charge in [-0.2, -0.15) is 5.10 Å². The molecule has 4 aromatic rings. The van der Waals surface area contributed by atoms with Crippen molar-refractivity contribution in [2.45, 2.75) is 13.5 Å². The van der Waals surface area contributed by atoms with E-state index in [1.54, 1.807) is 29.3 Å². The van der Waals surface area contributed by atoms with Crippen molar-refractivity contribution in [3.05, 3.63) is 78.0 Å². The average molecular weight is 402 g/mol. The van der Waals surface area contributed by atoms with Gasteiger partial charge in [-0.15, -0.1) is 0 Å². The number of piperazine rings is 1. The predicted molar refractivity (Wildman–Crippen MR) is 116 cm³/mol. The second-order valence-electron chi connectivity index (χ2n) is 7.64. The van der Waals surface area contributed by atoms with Gasteiger partial charge in [-0.3, -0.25) is 0 Å². The number of hydrogen-bond acceptors (Lipinski definition) is 5. The maximum Gasteiger partial charge on any atom is 0.163 e. The van der Waals surface area contributed by atoms with Crippen LogP contribution in [0, 0.1) is 12.7 Å². The minimum Gasteiger partial charge on any atom is -0.368 e. The van der Waals surface area contributed by atoms with Crippen molar-refractivity contribution in [3.63, 3.8) is 0 Å². The van der Waals surface area contributed by atoms with Crippen LogP contribution >= 0.6 is 0 Å². The molecule has 0 atom stereocenters. The minimum absolute atomic E-state index is 0.234. The number of fused-ring (bicyclic) bond motifs is 1. The van der Waals surface area contributed by atoms with E-state index in [1.807, 2.05) is 6.07 Å². The fourth-order valence-electron chi connectivity index (χ4n) is 4.04. The van der Waals surface area contributed by atoms with Gasteiger partial charge in [0, 0.05) is 37.4 Å². The van der Waals surface area contributed by atoms with Gasteiger partial charge in [0.15, 0.2) is 5.65 Å². The Bertz CT molecular complexity index is 1180. The van der Waals surface area contributed by atoms with Gasteiger partial charge >= 0.3 is 0 Å². The largest absolute Gasteiger partial charge is 0.368 e. The summed E-state index contributed by atoms with van der Waals surface area (Å²) in [4.78, 5) is 13.7. The summed E-state index contributed by atoms with van der Waals surface area (Å²) in [7, 11) is 0. The van der Waals surface area contributed by atoms with E-state index in [9.17, 15) is 4.39 Å². The predicted octanol–water partition coefficient (Wildman–Crippen LogP) is 3.65. The lowest BCUT2D eigenvalue weighted by atomic mass is 10.2. The van der Waals surface area contributed by atoms with Crippen LogP contribution in [0.2, 0.25) is 0 Å². The van der Waals surface area contributed by atoms with Gasteiger partial charge in [-0.1, -0.05) is 30.3 Å². The molecule has 0 bridgehead atoms. The molecule has 0 unspecified atom stereocenters. The Kier molecular flexibility index (Phi) is 4.78. The molecule has 3 heterocycles. The number of anilines is 2. The van der Waals surface area contributed by atoms with Gasteiger partial charge in [0.2, 0.25) is 0 Å². The highest BCUT2D eigenvalue weighted by Gasteiger charge is 2.21. The van der Waals surface area contributed by atoms with Gasteiger partial charge < -0.3 is 9.80 Å². The number of nitrogens with zero attached hydrogens (tertiary/aromatic N) is 6. The Morgan fingerprint density at radius 1 is 0.933 bits per heavy atom. The number of rotatable bonds is 4. The first kappa shape index (κ1) is 18.5. The lowest BCUT2D eigenvalue weighted by Gasteiger charge is -2.37. The van der Waals surface area contributed by atoms with Gasteiger partial charge in [0.05, 0.1) is 18.1 Å². The van der Waals surface area contributed by atoms with E-state index in [1.165, 1.54) is 17.3 Å². The first-order chi connectivity index (χ1) is 14.7. The molecule has 30 heavy (non-hydrogen) atoms. The number of hydrogen-bond donors (Lipinski definition) is 0. The van der Waals surface area contributed by atoms with Crippen molar-refractivity contribution >= 4 is 22.5 Å². The second kappa shape index (κ2) is 7.74. The summed E-state index contributed by atoms with van der Waals surface area (Å²) in [6, 6.07) is 15.4. The lowest BCUT2D eigenvalue weighted by Crippen LogP contribution is -2.46. The Morgan fingerprint density at radius 2 is 1.73 bits per heavy atom. The highest BCUT2D eigenvalue weighted by atomic mass is 19.1. The third kappa shape index (κ3) is 3.47. The average Bonchev–Trinajstić information content (AvgIpc) is 3.18. The first-order valence-corrected chi connectivity index (χ1v) is 10.2. The van der Waals surface area contributed by atoms with E-state index in [0.29, 0.717) is 12.1 Å². The molecule has 6 nitrogen and oxygen atoms in total. The third-order valence-corrected chi connectivity index (χ3v) is 5.64. The molecule has 1 saturated heterocycles. The Hall–Kier alpha value is -3.48. The molecule has 7 heteroatoms. The van der Waals surface area contributed by atoms with Gasteiger partial charge in [-0.25, -0.2) is 19.0 Å². The van der Waals surface area contributed by atoms with Crippen molar-refractivity contribution in [2.75, 3.05) is 36.0 Å². The van der Waals surface area contributed by atoms with Crippen molar-refractivity contribution in [3.8, 4) is 0 Å². The van der Waals surface area contributed by atoms with E-state index in [-0.39, 0.29) is 5.82 Å². The van der Waals surface area contributed by atoms with Crippen molar-refractivity contribution < 1.29 is 4.39 Å². The zero-order valence-electron chi connectivity index (χ0n) is 16.9. The van der Waals surface area contributed by atoms with Crippen LogP contribution in [-0.4, -0.2) is 45.9 Å². The standard InChI is InChI=1S/C23H23FN6/c1-17-5-4-7-19(13-17)28-9-11-29(12-10-28)22-20-14-27-30(23(20)26-16-25-22)15-18-6-2-3-8-21(18)24/h2-8,13-14,16H,9-12,15H2,1H3. The highest BCUT2D eigenvalue weighted by molar-refractivity contribution is 5.86. The summed E-state index contributed by atoms with van der Waals surface area (Å²) in [5, 5.41) is 5.37. The minimum atomic E-state index is -0.234. The molecule has 1 aliphatic heterocycles. The Balaban J connectivity index is 1.37. The van der Waals surface area contributed by atoms with Crippen LogP contribution in [0.25, 0.3) is 11.0 Å². The molecule has 0 spiro atoms. The van der Waals surface area contributed by atoms with Gasteiger partial charge in [0.25, 0.3) is 0 Å². The number of aryl methyl sites for hydroxylation is 1. The molecule has 2 aromatic carbocycles. The molecule has 0 N–H and O–H groups in total. The van der Waals surface area contributed by atoms with Crippen LogP contribution < -0.4 is 9.80 Å². The van der Waals surface area contributed by atoms with Gasteiger partial charge in [0.1, 0.15) is 18.0 Å². The molecular formula is C23H23FN6. The van der Waals surface area contributed by atoms with Crippen molar-refractivity contribution in [1.82, 2.24) is 19.7 Å². The Labute approximate surface area is 174 Å².